The summed E-state index contributed by atoms with van der Waals surface area (Å²) in [6.45, 7) is 3.16. The van der Waals surface area contributed by atoms with Gasteiger partial charge in [0.05, 0.1) is 12.2 Å². The van der Waals surface area contributed by atoms with Gasteiger partial charge in [-0.3, -0.25) is 9.78 Å². The van der Waals surface area contributed by atoms with Gasteiger partial charge in [-0.05, 0) is 38.4 Å². The van der Waals surface area contributed by atoms with Crippen molar-refractivity contribution in [2.45, 2.75) is 39.2 Å². The van der Waals surface area contributed by atoms with Crippen molar-refractivity contribution in [3.8, 4) is 0 Å². The number of nitrogens with zero attached hydrogens (tertiary/aromatic N) is 1. The van der Waals surface area contributed by atoms with Gasteiger partial charge >= 0.3 is 0 Å². The van der Waals surface area contributed by atoms with Crippen LogP contribution in [-0.2, 0) is 11.3 Å². The molecule has 0 fully saturated rings. The van der Waals surface area contributed by atoms with Crippen LogP contribution >= 0.6 is 0 Å². The molecule has 1 heterocycles. The lowest BCUT2D eigenvalue weighted by molar-refractivity contribution is -0.121. The fourth-order valence-corrected chi connectivity index (χ4v) is 1.58. The van der Waals surface area contributed by atoms with Gasteiger partial charge < -0.3 is 11.1 Å². The van der Waals surface area contributed by atoms with E-state index in [1.54, 1.807) is 0 Å². The number of hydrogen-bond donors (Lipinski definition) is 2. The van der Waals surface area contributed by atoms with Crippen LogP contribution in [0.3, 0.4) is 0 Å². The maximum Gasteiger partial charge on any atom is 0.220 e. The van der Waals surface area contributed by atoms with Crippen LogP contribution < -0.4 is 11.1 Å². The normalized spacial score (nSPS) is 10.2. The first kappa shape index (κ1) is 13.6. The smallest absolute Gasteiger partial charge is 0.220 e. The predicted octanol–water partition coefficient (Wildman–Crippen LogP) is 1.53. The van der Waals surface area contributed by atoms with E-state index in [0.717, 1.165) is 30.7 Å². The molecule has 1 rings (SSSR count). The second kappa shape index (κ2) is 7.79. The summed E-state index contributed by atoms with van der Waals surface area (Å²) in [5.41, 5.74) is 7.26. The molecule has 4 nitrogen and oxygen atoms in total. The first-order chi connectivity index (χ1) is 8.22. The first-order valence-corrected chi connectivity index (χ1v) is 6.11. The number of nitrogens with two attached hydrogens (primary N) is 1. The number of aryl methyl sites for hydroxylation is 1. The van der Waals surface area contributed by atoms with E-state index in [2.05, 4.69) is 10.3 Å². The highest BCUT2D eigenvalue weighted by Gasteiger charge is 2.01. The lowest BCUT2D eigenvalue weighted by Crippen LogP contribution is -2.23. The second-order valence-electron chi connectivity index (χ2n) is 4.15. The Labute approximate surface area is 103 Å². The fourth-order valence-electron chi connectivity index (χ4n) is 1.58. The molecule has 0 aliphatic carbocycles. The molecule has 0 atom stereocenters. The van der Waals surface area contributed by atoms with Crippen LogP contribution in [0, 0.1) is 6.92 Å². The molecule has 0 aliphatic rings. The van der Waals surface area contributed by atoms with Crippen molar-refractivity contribution in [2.24, 2.45) is 5.73 Å². The van der Waals surface area contributed by atoms with Crippen LogP contribution in [0.4, 0.5) is 0 Å². The Balaban J connectivity index is 2.19. The zero-order chi connectivity index (χ0) is 12.5. The third-order valence-electron chi connectivity index (χ3n) is 2.52. The van der Waals surface area contributed by atoms with Gasteiger partial charge in [-0.2, -0.15) is 0 Å². The lowest BCUT2D eigenvalue weighted by atomic mass is 10.2. The van der Waals surface area contributed by atoms with Gasteiger partial charge in [0.1, 0.15) is 0 Å². The zero-order valence-electron chi connectivity index (χ0n) is 10.4. The third kappa shape index (κ3) is 6.02. The van der Waals surface area contributed by atoms with Gasteiger partial charge in [0, 0.05) is 12.1 Å². The maximum absolute atomic E-state index is 11.5. The Bertz CT molecular complexity index is 352. The van der Waals surface area contributed by atoms with Crippen molar-refractivity contribution in [1.82, 2.24) is 10.3 Å². The molecule has 1 aromatic rings. The van der Waals surface area contributed by atoms with Crippen molar-refractivity contribution < 1.29 is 4.79 Å². The predicted molar refractivity (Wildman–Crippen MR) is 68.3 cm³/mol. The van der Waals surface area contributed by atoms with Crippen LogP contribution in [-0.4, -0.2) is 17.4 Å². The first-order valence-electron chi connectivity index (χ1n) is 6.11. The van der Waals surface area contributed by atoms with Crippen molar-refractivity contribution >= 4 is 5.91 Å². The Morgan fingerprint density at radius 1 is 1.35 bits per heavy atom. The van der Waals surface area contributed by atoms with Crippen LogP contribution in [0.2, 0.25) is 0 Å². The van der Waals surface area contributed by atoms with E-state index < -0.39 is 0 Å². The molecule has 0 aromatic carbocycles. The molecule has 17 heavy (non-hydrogen) atoms. The average molecular weight is 235 g/mol. The number of unbranched alkanes of at least 4 members (excludes halogenated alkanes) is 2. The monoisotopic (exact) mass is 235 g/mol. The topological polar surface area (TPSA) is 68.0 Å². The van der Waals surface area contributed by atoms with Crippen molar-refractivity contribution in [3.05, 3.63) is 29.6 Å². The lowest BCUT2D eigenvalue weighted by Gasteiger charge is -2.05. The number of rotatable bonds is 7. The van der Waals surface area contributed by atoms with E-state index in [9.17, 15) is 4.79 Å². The molecule has 3 N–H and O–H groups in total. The molecule has 94 valence electrons. The van der Waals surface area contributed by atoms with E-state index in [4.69, 9.17) is 5.73 Å². The summed E-state index contributed by atoms with van der Waals surface area (Å²) < 4.78 is 0. The number of hydrogen-bond acceptors (Lipinski definition) is 3. The SMILES string of the molecule is Cc1cccc(CNC(=O)CCCCCN)n1. The summed E-state index contributed by atoms with van der Waals surface area (Å²) in [4.78, 5) is 15.8. The van der Waals surface area contributed by atoms with E-state index in [-0.39, 0.29) is 5.91 Å². The minimum Gasteiger partial charge on any atom is -0.350 e. The van der Waals surface area contributed by atoms with Crippen LogP contribution in [0.15, 0.2) is 18.2 Å². The van der Waals surface area contributed by atoms with E-state index in [1.807, 2.05) is 25.1 Å². The average Bonchev–Trinajstić information content (AvgIpc) is 2.32. The molecule has 0 bridgehead atoms. The zero-order valence-corrected chi connectivity index (χ0v) is 10.4. The summed E-state index contributed by atoms with van der Waals surface area (Å²) in [6.07, 6.45) is 3.50. The van der Waals surface area contributed by atoms with E-state index >= 15 is 0 Å². The number of amides is 1. The molecule has 4 heteroatoms. The highest BCUT2D eigenvalue weighted by molar-refractivity contribution is 5.75. The van der Waals surface area contributed by atoms with Crippen LogP contribution in [0.5, 0.6) is 0 Å². The molecule has 1 amide bonds. The molecular weight excluding hydrogens is 214 g/mol. The maximum atomic E-state index is 11.5. The summed E-state index contributed by atoms with van der Waals surface area (Å²) >= 11 is 0. The molecule has 0 saturated heterocycles. The van der Waals surface area contributed by atoms with Gasteiger partial charge in [0.2, 0.25) is 5.91 Å². The number of carbonyl (C=O) groups excluding carboxylic acids is 1. The van der Waals surface area contributed by atoms with E-state index in [0.29, 0.717) is 19.5 Å². The summed E-state index contributed by atoms with van der Waals surface area (Å²) in [7, 11) is 0. The molecule has 0 unspecified atom stereocenters. The third-order valence-corrected chi connectivity index (χ3v) is 2.52. The highest BCUT2D eigenvalue weighted by Crippen LogP contribution is 2.00. The Morgan fingerprint density at radius 2 is 2.18 bits per heavy atom. The van der Waals surface area contributed by atoms with Crippen LogP contribution in [0.25, 0.3) is 0 Å². The van der Waals surface area contributed by atoms with Gasteiger partial charge in [0.25, 0.3) is 0 Å². The molecule has 0 radical (unpaired) electrons. The van der Waals surface area contributed by atoms with Crippen molar-refractivity contribution in [1.29, 1.82) is 0 Å². The summed E-state index contributed by atoms with van der Waals surface area (Å²) in [6, 6.07) is 5.81. The quantitative estimate of drug-likeness (QED) is 0.704. The number of carbonyl (C=O) groups is 1. The number of pyridine rings is 1. The summed E-state index contributed by atoms with van der Waals surface area (Å²) in [5, 5.41) is 2.87. The van der Waals surface area contributed by atoms with Gasteiger partial charge in [-0.25, -0.2) is 0 Å². The number of aromatic nitrogens is 1. The number of nitrogens with one attached hydrogen (secondary N) is 1. The van der Waals surface area contributed by atoms with Gasteiger partial charge in [-0.15, -0.1) is 0 Å². The second-order valence-corrected chi connectivity index (χ2v) is 4.15. The Hall–Kier alpha value is -1.42. The fraction of sp³-hybridized carbons (Fsp3) is 0.538. The molecular formula is C13H21N3O. The molecule has 0 spiro atoms. The van der Waals surface area contributed by atoms with E-state index in [1.165, 1.54) is 0 Å². The molecule has 0 aliphatic heterocycles. The Kier molecular flexibility index (Phi) is 6.25. The standard InChI is InChI=1S/C13H21N3O/c1-11-6-5-7-12(16-11)10-15-13(17)8-3-2-4-9-14/h5-7H,2-4,8-10,14H2,1H3,(H,15,17). The minimum absolute atomic E-state index is 0.0883. The molecule has 0 saturated carbocycles. The van der Waals surface area contributed by atoms with Crippen molar-refractivity contribution in [3.63, 3.8) is 0 Å². The largest absolute Gasteiger partial charge is 0.350 e. The van der Waals surface area contributed by atoms with Crippen LogP contribution in [0.1, 0.15) is 37.1 Å². The highest BCUT2D eigenvalue weighted by atomic mass is 16.1. The minimum atomic E-state index is 0.0883. The Morgan fingerprint density at radius 3 is 2.88 bits per heavy atom. The van der Waals surface area contributed by atoms with Gasteiger partial charge in [-0.1, -0.05) is 12.5 Å². The van der Waals surface area contributed by atoms with Crippen molar-refractivity contribution in [2.75, 3.05) is 6.54 Å². The van der Waals surface area contributed by atoms with Gasteiger partial charge in [0.15, 0.2) is 0 Å². The summed E-state index contributed by atoms with van der Waals surface area (Å²) in [5.74, 6) is 0.0883. The molecule has 1 aromatic heterocycles.